The first-order valence-corrected chi connectivity index (χ1v) is 9.71. The number of furan rings is 1. The molecule has 3 heterocycles. The van der Waals surface area contributed by atoms with Crippen LogP contribution >= 0.6 is 11.6 Å². The Kier molecular flexibility index (Phi) is 5.43. The minimum atomic E-state index is -0.506. The molecule has 0 spiro atoms. The number of hydrogen-bond acceptors (Lipinski definition) is 5. The summed E-state index contributed by atoms with van der Waals surface area (Å²) < 4.78 is 16.5. The van der Waals surface area contributed by atoms with Crippen LogP contribution in [0.4, 0.5) is 0 Å². The van der Waals surface area contributed by atoms with E-state index in [1.54, 1.807) is 23.1 Å². The van der Waals surface area contributed by atoms with E-state index in [2.05, 4.69) is 5.32 Å². The van der Waals surface area contributed by atoms with Crippen LogP contribution in [0.2, 0.25) is 5.02 Å². The van der Waals surface area contributed by atoms with E-state index in [4.69, 9.17) is 25.5 Å². The molecule has 4 rings (SSSR count). The van der Waals surface area contributed by atoms with E-state index in [1.165, 1.54) is 6.26 Å². The molecule has 7 nitrogen and oxygen atoms in total. The van der Waals surface area contributed by atoms with Gasteiger partial charge in [0.25, 0.3) is 5.91 Å². The van der Waals surface area contributed by atoms with Crippen LogP contribution in [0.1, 0.15) is 35.4 Å². The Hall–Kier alpha value is -2.67. The third kappa shape index (κ3) is 3.80. The van der Waals surface area contributed by atoms with Gasteiger partial charge in [0.1, 0.15) is 6.04 Å². The number of fused-ring (bicyclic) bond motifs is 1. The fourth-order valence-electron chi connectivity index (χ4n) is 3.52. The second-order valence-corrected chi connectivity index (χ2v) is 7.21. The monoisotopic (exact) mass is 404 g/mol. The first kappa shape index (κ1) is 18.7. The molecule has 28 heavy (non-hydrogen) atoms. The normalized spacial score (nSPS) is 18.6. The van der Waals surface area contributed by atoms with Crippen LogP contribution in [0.25, 0.3) is 0 Å². The fourth-order valence-corrected chi connectivity index (χ4v) is 3.81. The van der Waals surface area contributed by atoms with Crippen molar-refractivity contribution in [2.75, 3.05) is 19.8 Å². The Morgan fingerprint density at radius 3 is 2.89 bits per heavy atom. The standard InChI is InChI=1S/C20H21ClN2O5/c21-14-10-13(11-17-18(14)28-9-3-8-27-17)12-22-19(24)15-4-1-6-23(15)20(25)16-5-2-7-26-16/h2,5,7,10-11,15H,1,3-4,6,8-9,12H2,(H,22,24). The van der Waals surface area contributed by atoms with E-state index in [0.717, 1.165) is 18.4 Å². The third-order valence-corrected chi connectivity index (χ3v) is 5.16. The van der Waals surface area contributed by atoms with Gasteiger partial charge in [0, 0.05) is 19.5 Å². The highest BCUT2D eigenvalue weighted by molar-refractivity contribution is 6.32. The van der Waals surface area contributed by atoms with Crippen molar-refractivity contribution in [1.29, 1.82) is 0 Å². The van der Waals surface area contributed by atoms with E-state index < -0.39 is 6.04 Å². The predicted molar refractivity (Wildman–Crippen MR) is 102 cm³/mol. The summed E-state index contributed by atoms with van der Waals surface area (Å²) in [6.07, 6.45) is 3.64. The highest BCUT2D eigenvalue weighted by Crippen LogP contribution is 2.38. The molecule has 1 N–H and O–H groups in total. The lowest BCUT2D eigenvalue weighted by atomic mass is 10.1. The van der Waals surface area contributed by atoms with Crippen molar-refractivity contribution >= 4 is 23.4 Å². The topological polar surface area (TPSA) is 81.0 Å². The number of nitrogens with one attached hydrogen (secondary N) is 1. The van der Waals surface area contributed by atoms with Gasteiger partial charge in [-0.1, -0.05) is 11.6 Å². The Morgan fingerprint density at radius 1 is 1.21 bits per heavy atom. The van der Waals surface area contributed by atoms with E-state index in [1.807, 2.05) is 6.07 Å². The summed E-state index contributed by atoms with van der Waals surface area (Å²) >= 11 is 6.30. The smallest absolute Gasteiger partial charge is 0.290 e. The fraction of sp³-hybridized carbons (Fsp3) is 0.400. The van der Waals surface area contributed by atoms with Gasteiger partial charge in [-0.3, -0.25) is 9.59 Å². The van der Waals surface area contributed by atoms with Gasteiger partial charge in [0.15, 0.2) is 17.3 Å². The second-order valence-electron chi connectivity index (χ2n) is 6.81. The average molecular weight is 405 g/mol. The Labute approximate surface area is 167 Å². The van der Waals surface area contributed by atoms with E-state index >= 15 is 0 Å². The SMILES string of the molecule is O=C(NCc1cc(Cl)c2c(c1)OCCCO2)C1CCCN1C(=O)c1ccco1. The lowest BCUT2D eigenvalue weighted by Crippen LogP contribution is -2.45. The summed E-state index contributed by atoms with van der Waals surface area (Å²) in [5.41, 5.74) is 0.810. The zero-order valence-corrected chi connectivity index (χ0v) is 16.0. The van der Waals surface area contributed by atoms with Gasteiger partial charge in [-0.05, 0) is 42.7 Å². The Balaban J connectivity index is 1.42. The maximum Gasteiger partial charge on any atom is 0.290 e. The van der Waals surface area contributed by atoms with Crippen LogP contribution in [0.15, 0.2) is 34.9 Å². The van der Waals surface area contributed by atoms with Crippen LogP contribution < -0.4 is 14.8 Å². The molecule has 1 aromatic carbocycles. The molecule has 1 fully saturated rings. The molecule has 2 aliphatic rings. The molecule has 0 aliphatic carbocycles. The minimum absolute atomic E-state index is 0.194. The van der Waals surface area contributed by atoms with Gasteiger partial charge < -0.3 is 24.1 Å². The number of ether oxygens (including phenoxy) is 2. The van der Waals surface area contributed by atoms with Gasteiger partial charge in [-0.2, -0.15) is 0 Å². The molecule has 1 saturated heterocycles. The maximum absolute atomic E-state index is 12.7. The molecule has 2 amide bonds. The first-order valence-electron chi connectivity index (χ1n) is 9.33. The molecule has 2 aliphatic heterocycles. The van der Waals surface area contributed by atoms with Gasteiger partial charge in [0.05, 0.1) is 24.5 Å². The van der Waals surface area contributed by atoms with Crippen LogP contribution in [-0.4, -0.2) is 42.5 Å². The number of nitrogens with zero attached hydrogens (tertiary/aromatic N) is 1. The molecule has 2 aromatic rings. The number of rotatable bonds is 4. The number of carbonyl (C=O) groups excluding carboxylic acids is 2. The van der Waals surface area contributed by atoms with Gasteiger partial charge >= 0.3 is 0 Å². The molecular weight excluding hydrogens is 384 g/mol. The summed E-state index contributed by atoms with van der Waals surface area (Å²) in [4.78, 5) is 26.8. The molecule has 1 atom stereocenters. The number of carbonyl (C=O) groups is 2. The largest absolute Gasteiger partial charge is 0.489 e. The van der Waals surface area contributed by atoms with Gasteiger partial charge in [0.2, 0.25) is 5.91 Å². The first-order chi connectivity index (χ1) is 13.6. The lowest BCUT2D eigenvalue weighted by Gasteiger charge is -2.23. The minimum Gasteiger partial charge on any atom is -0.489 e. The Morgan fingerprint density at radius 2 is 2.07 bits per heavy atom. The van der Waals surface area contributed by atoms with Crippen molar-refractivity contribution in [3.63, 3.8) is 0 Å². The van der Waals surface area contributed by atoms with Crippen molar-refractivity contribution in [3.8, 4) is 11.5 Å². The van der Waals surface area contributed by atoms with Gasteiger partial charge in [-0.15, -0.1) is 0 Å². The zero-order valence-electron chi connectivity index (χ0n) is 15.3. The highest BCUT2D eigenvalue weighted by atomic mass is 35.5. The molecule has 148 valence electrons. The summed E-state index contributed by atoms with van der Waals surface area (Å²) in [5.74, 6) is 0.918. The summed E-state index contributed by atoms with van der Waals surface area (Å²) in [7, 11) is 0. The number of likely N-dealkylation sites (tertiary alicyclic amines) is 1. The molecule has 1 unspecified atom stereocenters. The lowest BCUT2D eigenvalue weighted by molar-refractivity contribution is -0.125. The number of benzene rings is 1. The highest BCUT2D eigenvalue weighted by Gasteiger charge is 2.35. The quantitative estimate of drug-likeness (QED) is 0.847. The van der Waals surface area contributed by atoms with Crippen LogP contribution in [0.3, 0.4) is 0 Å². The summed E-state index contributed by atoms with van der Waals surface area (Å²) in [6, 6.07) is 6.35. The van der Waals surface area contributed by atoms with E-state index in [9.17, 15) is 9.59 Å². The van der Waals surface area contributed by atoms with Crippen molar-refractivity contribution in [3.05, 3.63) is 46.9 Å². The van der Waals surface area contributed by atoms with Crippen molar-refractivity contribution in [2.45, 2.75) is 31.8 Å². The zero-order chi connectivity index (χ0) is 19.5. The molecular formula is C20H21ClN2O5. The van der Waals surface area contributed by atoms with E-state index in [-0.39, 0.29) is 24.1 Å². The van der Waals surface area contributed by atoms with Crippen LogP contribution in [-0.2, 0) is 11.3 Å². The number of amides is 2. The summed E-state index contributed by atoms with van der Waals surface area (Å²) in [5, 5.41) is 3.36. The number of hydrogen-bond donors (Lipinski definition) is 1. The van der Waals surface area contributed by atoms with Gasteiger partial charge in [-0.25, -0.2) is 0 Å². The molecule has 1 aromatic heterocycles. The number of halogens is 1. The third-order valence-electron chi connectivity index (χ3n) is 4.88. The average Bonchev–Trinajstić information content (AvgIpc) is 3.34. The predicted octanol–water partition coefficient (Wildman–Crippen LogP) is 3.02. The Bertz CT molecular complexity index is 868. The van der Waals surface area contributed by atoms with E-state index in [0.29, 0.717) is 42.7 Å². The van der Waals surface area contributed by atoms with Crippen molar-refractivity contribution in [1.82, 2.24) is 10.2 Å². The van der Waals surface area contributed by atoms with Crippen molar-refractivity contribution in [2.24, 2.45) is 0 Å². The second kappa shape index (κ2) is 8.14. The molecule has 0 saturated carbocycles. The van der Waals surface area contributed by atoms with Crippen LogP contribution in [0, 0.1) is 0 Å². The maximum atomic E-state index is 12.7. The van der Waals surface area contributed by atoms with Crippen LogP contribution in [0.5, 0.6) is 11.5 Å². The molecule has 0 bridgehead atoms. The summed E-state index contributed by atoms with van der Waals surface area (Å²) in [6.45, 7) is 1.94. The molecule has 0 radical (unpaired) electrons. The van der Waals surface area contributed by atoms with Crippen molar-refractivity contribution < 1.29 is 23.5 Å². The molecule has 8 heteroatoms.